The Kier molecular flexibility index (Phi) is 5.26. The lowest BCUT2D eigenvalue weighted by Gasteiger charge is -2.37. The van der Waals surface area contributed by atoms with E-state index in [0.717, 1.165) is 24.3 Å². The maximum atomic E-state index is 3.76. The van der Waals surface area contributed by atoms with Gasteiger partial charge in [-0.05, 0) is 74.1 Å². The fraction of sp³-hybridized carbons (Fsp3) is 0.684. The van der Waals surface area contributed by atoms with Gasteiger partial charge in [-0.25, -0.2) is 0 Å². The molecule has 1 N–H and O–H groups in total. The zero-order valence-corrected chi connectivity index (χ0v) is 13.9. The van der Waals surface area contributed by atoms with E-state index in [1.54, 1.807) is 0 Å². The first-order valence-electron chi connectivity index (χ1n) is 8.31. The molecule has 0 aliphatic heterocycles. The summed E-state index contributed by atoms with van der Waals surface area (Å²) in [5.74, 6) is 2.53. The van der Waals surface area contributed by atoms with E-state index in [9.17, 15) is 0 Å². The van der Waals surface area contributed by atoms with E-state index in [0.29, 0.717) is 6.04 Å². The summed E-state index contributed by atoms with van der Waals surface area (Å²) in [5.41, 5.74) is 4.30. The molecule has 0 spiro atoms. The standard InChI is InChI=1S/C19H31N/c1-6-20-19(17-8-7-15(4)16(5)12-17)18-10-13(2)9-14(3)11-18/h7-8,12-14,18-20H,6,9-11H2,1-5H3. The molecular formula is C19H31N. The molecule has 112 valence electrons. The SMILES string of the molecule is CCNC(c1ccc(C)c(C)c1)C1CC(C)CC(C)C1. The Balaban J connectivity index is 2.23. The van der Waals surface area contributed by atoms with Crippen molar-refractivity contribution in [2.24, 2.45) is 17.8 Å². The second-order valence-electron chi connectivity index (χ2n) is 7.06. The van der Waals surface area contributed by atoms with Crippen molar-refractivity contribution in [1.82, 2.24) is 5.32 Å². The minimum atomic E-state index is 0.532. The van der Waals surface area contributed by atoms with Gasteiger partial charge in [0.15, 0.2) is 0 Å². The number of benzene rings is 1. The molecule has 3 unspecified atom stereocenters. The van der Waals surface area contributed by atoms with Crippen LogP contribution in [0.25, 0.3) is 0 Å². The van der Waals surface area contributed by atoms with Gasteiger partial charge >= 0.3 is 0 Å². The first-order valence-corrected chi connectivity index (χ1v) is 8.31. The van der Waals surface area contributed by atoms with E-state index in [1.807, 2.05) is 0 Å². The summed E-state index contributed by atoms with van der Waals surface area (Å²) in [7, 11) is 0. The topological polar surface area (TPSA) is 12.0 Å². The maximum Gasteiger partial charge on any atom is 0.0348 e. The zero-order chi connectivity index (χ0) is 14.7. The van der Waals surface area contributed by atoms with Crippen LogP contribution in [0.4, 0.5) is 0 Å². The number of hydrogen-bond donors (Lipinski definition) is 1. The molecule has 0 radical (unpaired) electrons. The van der Waals surface area contributed by atoms with Crippen LogP contribution in [-0.4, -0.2) is 6.54 Å². The van der Waals surface area contributed by atoms with Crippen molar-refractivity contribution < 1.29 is 0 Å². The van der Waals surface area contributed by atoms with Gasteiger partial charge in [0.1, 0.15) is 0 Å². The van der Waals surface area contributed by atoms with Crippen molar-refractivity contribution in [3.8, 4) is 0 Å². The van der Waals surface area contributed by atoms with Gasteiger partial charge in [-0.1, -0.05) is 39.0 Å². The fourth-order valence-corrected chi connectivity index (χ4v) is 4.02. The third-order valence-corrected chi connectivity index (χ3v) is 5.00. The number of hydrogen-bond acceptors (Lipinski definition) is 1. The van der Waals surface area contributed by atoms with Gasteiger partial charge in [0.05, 0.1) is 0 Å². The molecule has 3 atom stereocenters. The predicted octanol–water partition coefficient (Wildman–Crippen LogP) is 5.03. The molecule has 1 aliphatic carbocycles. The summed E-state index contributed by atoms with van der Waals surface area (Å²) < 4.78 is 0. The molecule has 0 bridgehead atoms. The Labute approximate surface area is 125 Å². The molecule has 20 heavy (non-hydrogen) atoms. The van der Waals surface area contributed by atoms with Crippen LogP contribution in [0.2, 0.25) is 0 Å². The van der Waals surface area contributed by atoms with E-state index in [1.165, 1.54) is 36.0 Å². The average molecular weight is 273 g/mol. The van der Waals surface area contributed by atoms with Crippen LogP contribution in [0.3, 0.4) is 0 Å². The van der Waals surface area contributed by atoms with Gasteiger partial charge in [0.25, 0.3) is 0 Å². The largest absolute Gasteiger partial charge is 0.310 e. The fourth-order valence-electron chi connectivity index (χ4n) is 4.02. The summed E-state index contributed by atoms with van der Waals surface area (Å²) in [6, 6.07) is 7.54. The highest BCUT2D eigenvalue weighted by Crippen LogP contribution is 2.40. The molecule has 1 nitrogen and oxygen atoms in total. The van der Waals surface area contributed by atoms with E-state index >= 15 is 0 Å². The van der Waals surface area contributed by atoms with Crippen molar-refractivity contribution in [3.63, 3.8) is 0 Å². The van der Waals surface area contributed by atoms with Crippen LogP contribution < -0.4 is 5.32 Å². The highest BCUT2D eigenvalue weighted by Gasteiger charge is 2.30. The second-order valence-corrected chi connectivity index (χ2v) is 7.06. The smallest absolute Gasteiger partial charge is 0.0348 e. The molecule has 1 aromatic rings. The monoisotopic (exact) mass is 273 g/mol. The molecule has 1 aliphatic rings. The first kappa shape index (κ1) is 15.6. The van der Waals surface area contributed by atoms with Crippen molar-refractivity contribution in [1.29, 1.82) is 0 Å². The zero-order valence-electron chi connectivity index (χ0n) is 13.9. The highest BCUT2D eigenvalue weighted by molar-refractivity contribution is 5.32. The van der Waals surface area contributed by atoms with Gasteiger partial charge in [-0.15, -0.1) is 0 Å². The molecule has 1 heteroatoms. The lowest BCUT2D eigenvalue weighted by Crippen LogP contribution is -2.33. The van der Waals surface area contributed by atoms with Crippen LogP contribution in [0.5, 0.6) is 0 Å². The minimum absolute atomic E-state index is 0.532. The first-order chi connectivity index (χ1) is 9.51. The van der Waals surface area contributed by atoms with Crippen LogP contribution >= 0.6 is 0 Å². The second kappa shape index (κ2) is 6.76. The highest BCUT2D eigenvalue weighted by atomic mass is 14.9. The minimum Gasteiger partial charge on any atom is -0.310 e. The average Bonchev–Trinajstić information content (AvgIpc) is 2.38. The van der Waals surface area contributed by atoms with Crippen molar-refractivity contribution in [3.05, 3.63) is 34.9 Å². The Morgan fingerprint density at radius 2 is 1.70 bits per heavy atom. The van der Waals surface area contributed by atoms with E-state index in [4.69, 9.17) is 0 Å². The molecular weight excluding hydrogens is 242 g/mol. The Morgan fingerprint density at radius 1 is 1.05 bits per heavy atom. The third-order valence-electron chi connectivity index (χ3n) is 5.00. The maximum absolute atomic E-state index is 3.76. The molecule has 2 rings (SSSR count). The normalized spacial score (nSPS) is 28.4. The van der Waals surface area contributed by atoms with E-state index < -0.39 is 0 Å². The molecule has 1 saturated carbocycles. The number of nitrogens with one attached hydrogen (secondary N) is 1. The summed E-state index contributed by atoms with van der Waals surface area (Å²) in [6.45, 7) is 12.6. The Bertz CT molecular complexity index is 427. The predicted molar refractivity (Wildman–Crippen MR) is 88.0 cm³/mol. The Morgan fingerprint density at radius 3 is 2.25 bits per heavy atom. The molecule has 1 fully saturated rings. The van der Waals surface area contributed by atoms with Gasteiger partial charge < -0.3 is 5.32 Å². The Hall–Kier alpha value is -0.820. The molecule has 0 heterocycles. The van der Waals surface area contributed by atoms with Gasteiger partial charge in [0.2, 0.25) is 0 Å². The van der Waals surface area contributed by atoms with Crippen molar-refractivity contribution in [2.75, 3.05) is 6.54 Å². The third kappa shape index (κ3) is 3.63. The number of aryl methyl sites for hydroxylation is 2. The quantitative estimate of drug-likeness (QED) is 0.811. The number of rotatable bonds is 4. The van der Waals surface area contributed by atoms with Crippen LogP contribution in [0, 0.1) is 31.6 Å². The van der Waals surface area contributed by atoms with Gasteiger partial charge in [-0.3, -0.25) is 0 Å². The lowest BCUT2D eigenvalue weighted by atomic mass is 9.72. The van der Waals surface area contributed by atoms with Crippen LogP contribution in [0.15, 0.2) is 18.2 Å². The van der Waals surface area contributed by atoms with Gasteiger partial charge in [-0.2, -0.15) is 0 Å². The molecule has 0 saturated heterocycles. The molecule has 0 amide bonds. The van der Waals surface area contributed by atoms with Crippen molar-refractivity contribution >= 4 is 0 Å². The van der Waals surface area contributed by atoms with E-state index in [2.05, 4.69) is 58.1 Å². The summed E-state index contributed by atoms with van der Waals surface area (Å²) in [4.78, 5) is 0. The summed E-state index contributed by atoms with van der Waals surface area (Å²) >= 11 is 0. The van der Waals surface area contributed by atoms with Gasteiger partial charge in [0, 0.05) is 6.04 Å². The van der Waals surface area contributed by atoms with E-state index in [-0.39, 0.29) is 0 Å². The summed E-state index contributed by atoms with van der Waals surface area (Å²) in [6.07, 6.45) is 4.14. The van der Waals surface area contributed by atoms with Crippen LogP contribution in [-0.2, 0) is 0 Å². The molecule has 0 aromatic heterocycles. The molecule has 1 aromatic carbocycles. The van der Waals surface area contributed by atoms with Crippen LogP contribution in [0.1, 0.15) is 62.8 Å². The summed E-state index contributed by atoms with van der Waals surface area (Å²) in [5, 5.41) is 3.76. The lowest BCUT2D eigenvalue weighted by molar-refractivity contribution is 0.177. The van der Waals surface area contributed by atoms with Crippen molar-refractivity contribution in [2.45, 2.75) is 59.9 Å².